The summed E-state index contributed by atoms with van der Waals surface area (Å²) in [5.41, 5.74) is 1.33. The molecule has 0 aromatic heterocycles. The molecule has 29 heavy (non-hydrogen) atoms. The van der Waals surface area contributed by atoms with Gasteiger partial charge >= 0.3 is 5.97 Å². The Bertz CT molecular complexity index is 847. The molecule has 1 unspecified atom stereocenters. The van der Waals surface area contributed by atoms with Crippen LogP contribution in [0.15, 0.2) is 48.5 Å². The molecule has 0 radical (unpaired) electrons. The van der Waals surface area contributed by atoms with Gasteiger partial charge in [0.25, 0.3) is 5.91 Å². The molecule has 1 aliphatic heterocycles. The normalized spacial score (nSPS) is 15.7. The lowest BCUT2D eigenvalue weighted by atomic mass is 10.1. The number of carboxylic acids is 1. The van der Waals surface area contributed by atoms with E-state index in [-0.39, 0.29) is 12.0 Å². The minimum atomic E-state index is -1.07. The molecule has 7 heteroatoms. The molecule has 7 nitrogen and oxygen atoms in total. The first-order chi connectivity index (χ1) is 14.1. The third-order valence-electron chi connectivity index (χ3n) is 4.73. The minimum absolute atomic E-state index is 0.0000928. The van der Waals surface area contributed by atoms with Gasteiger partial charge in [-0.1, -0.05) is 24.3 Å². The fourth-order valence-electron chi connectivity index (χ4n) is 3.34. The van der Waals surface area contributed by atoms with Crippen LogP contribution in [0.4, 0.5) is 0 Å². The fourth-order valence-corrected chi connectivity index (χ4v) is 3.34. The molecule has 0 saturated carbocycles. The van der Waals surface area contributed by atoms with E-state index in [0.717, 1.165) is 24.2 Å². The van der Waals surface area contributed by atoms with E-state index in [4.69, 9.17) is 19.3 Å². The van der Waals surface area contributed by atoms with E-state index in [0.29, 0.717) is 31.0 Å². The Hall–Kier alpha value is -3.06. The molecule has 0 aliphatic carbocycles. The third-order valence-corrected chi connectivity index (χ3v) is 4.73. The van der Waals surface area contributed by atoms with Gasteiger partial charge in [0.15, 0.2) is 6.61 Å². The number of rotatable bonds is 9. The number of hydrogen-bond acceptors (Lipinski definition) is 5. The van der Waals surface area contributed by atoms with Crippen molar-refractivity contribution >= 4 is 11.9 Å². The summed E-state index contributed by atoms with van der Waals surface area (Å²) in [6.45, 7) is 1.10. The van der Waals surface area contributed by atoms with Crippen LogP contribution >= 0.6 is 0 Å². The Morgan fingerprint density at radius 1 is 1.21 bits per heavy atom. The largest absolute Gasteiger partial charge is 0.496 e. The maximum Gasteiger partial charge on any atom is 0.341 e. The van der Waals surface area contributed by atoms with Crippen LogP contribution in [0, 0.1) is 0 Å². The van der Waals surface area contributed by atoms with Crippen LogP contribution in [0.25, 0.3) is 0 Å². The molecule has 1 heterocycles. The highest BCUT2D eigenvalue weighted by Gasteiger charge is 2.24. The molecule has 154 valence electrons. The molecule has 1 aliphatic rings. The standard InChI is InChI=1S/C22H25NO6/c1-27-20-10-3-2-6-17(20)13-23(14-19-9-5-11-28-19)22(26)16-7-4-8-18(12-16)29-15-21(24)25/h2-4,6-8,10,12,19H,5,9,11,13-15H2,1H3,(H,24,25). The summed E-state index contributed by atoms with van der Waals surface area (Å²) < 4.78 is 16.4. The third kappa shape index (κ3) is 5.71. The van der Waals surface area contributed by atoms with Crippen LogP contribution in [0.5, 0.6) is 11.5 Å². The quantitative estimate of drug-likeness (QED) is 0.698. The summed E-state index contributed by atoms with van der Waals surface area (Å²) in [6.07, 6.45) is 1.90. The molecular weight excluding hydrogens is 374 g/mol. The number of nitrogens with zero attached hydrogens (tertiary/aromatic N) is 1. The molecule has 1 amide bonds. The van der Waals surface area contributed by atoms with Crippen LogP contribution in [0.3, 0.4) is 0 Å². The molecule has 1 saturated heterocycles. The van der Waals surface area contributed by atoms with Crippen molar-refractivity contribution in [3.8, 4) is 11.5 Å². The van der Waals surface area contributed by atoms with Gasteiger partial charge in [0.2, 0.25) is 0 Å². The number of carbonyl (C=O) groups is 2. The van der Waals surface area contributed by atoms with E-state index in [1.165, 1.54) is 0 Å². The van der Waals surface area contributed by atoms with Gasteiger partial charge in [0.05, 0.1) is 13.2 Å². The highest BCUT2D eigenvalue weighted by atomic mass is 16.5. The summed E-state index contributed by atoms with van der Waals surface area (Å²) in [6, 6.07) is 14.2. The molecule has 1 N–H and O–H groups in total. The van der Waals surface area contributed by atoms with E-state index in [1.54, 1.807) is 36.3 Å². The molecular formula is C22H25NO6. The maximum absolute atomic E-state index is 13.3. The molecule has 2 aromatic carbocycles. The summed E-state index contributed by atoms with van der Waals surface area (Å²) >= 11 is 0. The van der Waals surface area contributed by atoms with Crippen molar-refractivity contribution in [2.24, 2.45) is 0 Å². The van der Waals surface area contributed by atoms with Crippen molar-refractivity contribution < 1.29 is 28.9 Å². The van der Waals surface area contributed by atoms with Crippen LogP contribution in [-0.4, -0.2) is 54.9 Å². The summed E-state index contributed by atoms with van der Waals surface area (Å²) in [7, 11) is 1.61. The first-order valence-electron chi connectivity index (χ1n) is 9.54. The number of ether oxygens (including phenoxy) is 3. The average Bonchev–Trinajstić information content (AvgIpc) is 3.25. The van der Waals surface area contributed by atoms with Crippen LogP contribution in [0.1, 0.15) is 28.8 Å². The Kier molecular flexibility index (Phi) is 7.08. The molecule has 0 spiro atoms. The highest BCUT2D eigenvalue weighted by Crippen LogP contribution is 2.23. The highest BCUT2D eigenvalue weighted by molar-refractivity contribution is 5.94. The predicted octanol–water partition coefficient (Wildman–Crippen LogP) is 2.98. The van der Waals surface area contributed by atoms with Gasteiger partial charge in [-0.25, -0.2) is 4.79 Å². The zero-order chi connectivity index (χ0) is 20.6. The lowest BCUT2D eigenvalue weighted by Gasteiger charge is -2.26. The summed E-state index contributed by atoms with van der Waals surface area (Å²) in [4.78, 5) is 25.8. The SMILES string of the molecule is COc1ccccc1CN(CC1CCCO1)C(=O)c1cccc(OCC(=O)O)c1. The Morgan fingerprint density at radius 2 is 2.03 bits per heavy atom. The topological polar surface area (TPSA) is 85.3 Å². The van der Waals surface area contributed by atoms with Gasteiger partial charge in [-0.05, 0) is 37.1 Å². The fraction of sp³-hybridized carbons (Fsp3) is 0.364. The van der Waals surface area contributed by atoms with Crippen molar-refractivity contribution in [3.63, 3.8) is 0 Å². The van der Waals surface area contributed by atoms with Gasteiger partial charge in [0.1, 0.15) is 11.5 Å². The molecule has 0 bridgehead atoms. The summed E-state index contributed by atoms with van der Waals surface area (Å²) in [5.74, 6) is -0.186. The number of carboxylic acid groups (broad SMARTS) is 1. The molecule has 3 rings (SSSR count). The Morgan fingerprint density at radius 3 is 2.76 bits per heavy atom. The molecule has 2 aromatic rings. The molecule has 1 atom stereocenters. The number of methoxy groups -OCH3 is 1. The van der Waals surface area contributed by atoms with Crippen molar-refractivity contribution in [2.75, 3.05) is 26.9 Å². The Labute approximate surface area is 169 Å². The van der Waals surface area contributed by atoms with Crippen molar-refractivity contribution in [1.82, 2.24) is 4.90 Å². The average molecular weight is 399 g/mol. The van der Waals surface area contributed by atoms with Gasteiger partial charge in [-0.3, -0.25) is 4.79 Å². The monoisotopic (exact) mass is 399 g/mol. The van der Waals surface area contributed by atoms with Crippen LogP contribution < -0.4 is 9.47 Å². The second-order valence-corrected chi connectivity index (χ2v) is 6.84. The Balaban J connectivity index is 1.81. The second kappa shape index (κ2) is 9.93. The lowest BCUT2D eigenvalue weighted by molar-refractivity contribution is -0.139. The van der Waals surface area contributed by atoms with Gasteiger partial charge < -0.3 is 24.2 Å². The van der Waals surface area contributed by atoms with Crippen molar-refractivity contribution in [2.45, 2.75) is 25.5 Å². The summed E-state index contributed by atoms with van der Waals surface area (Å²) in [5, 5.41) is 8.79. The zero-order valence-electron chi connectivity index (χ0n) is 16.4. The number of hydrogen-bond donors (Lipinski definition) is 1. The van der Waals surface area contributed by atoms with Crippen molar-refractivity contribution in [1.29, 1.82) is 0 Å². The van der Waals surface area contributed by atoms with E-state index in [1.807, 2.05) is 24.3 Å². The minimum Gasteiger partial charge on any atom is -0.496 e. The van der Waals surface area contributed by atoms with Crippen LogP contribution in [0.2, 0.25) is 0 Å². The van der Waals surface area contributed by atoms with Crippen LogP contribution in [-0.2, 0) is 16.1 Å². The number of benzene rings is 2. The number of aliphatic carboxylic acids is 1. The molecule has 1 fully saturated rings. The first-order valence-corrected chi connectivity index (χ1v) is 9.54. The second-order valence-electron chi connectivity index (χ2n) is 6.84. The smallest absolute Gasteiger partial charge is 0.341 e. The first kappa shape index (κ1) is 20.7. The van der Waals surface area contributed by atoms with E-state index in [9.17, 15) is 9.59 Å². The predicted molar refractivity (Wildman–Crippen MR) is 106 cm³/mol. The van der Waals surface area contributed by atoms with E-state index < -0.39 is 12.6 Å². The van der Waals surface area contributed by atoms with Gasteiger partial charge in [-0.15, -0.1) is 0 Å². The zero-order valence-corrected chi connectivity index (χ0v) is 16.4. The maximum atomic E-state index is 13.3. The van der Waals surface area contributed by atoms with E-state index >= 15 is 0 Å². The number of carbonyl (C=O) groups excluding carboxylic acids is 1. The number of amides is 1. The number of para-hydroxylation sites is 1. The lowest BCUT2D eigenvalue weighted by Crippen LogP contribution is -2.37. The van der Waals surface area contributed by atoms with E-state index in [2.05, 4.69) is 0 Å². The van der Waals surface area contributed by atoms with Crippen molar-refractivity contribution in [3.05, 3.63) is 59.7 Å². The van der Waals surface area contributed by atoms with Gasteiger partial charge in [-0.2, -0.15) is 0 Å². The van der Waals surface area contributed by atoms with Gasteiger partial charge in [0, 0.05) is 30.8 Å².